The van der Waals surface area contributed by atoms with E-state index in [1.54, 1.807) is 0 Å². The second kappa shape index (κ2) is 8.03. The highest BCUT2D eigenvalue weighted by Crippen LogP contribution is 2.28. The van der Waals surface area contributed by atoms with E-state index in [9.17, 15) is 0 Å². The van der Waals surface area contributed by atoms with Crippen molar-refractivity contribution in [3.05, 3.63) is 36.0 Å². The van der Waals surface area contributed by atoms with Crippen LogP contribution in [0.15, 0.2) is 40.4 Å². The molecule has 1 aromatic carbocycles. The summed E-state index contributed by atoms with van der Waals surface area (Å²) in [6, 6.07) is 9.58. The second-order valence-electron chi connectivity index (χ2n) is 6.76. The topological polar surface area (TPSA) is 112 Å². The minimum absolute atomic E-state index is 0.480. The van der Waals surface area contributed by atoms with Gasteiger partial charge in [-0.2, -0.15) is 20.1 Å². The highest BCUT2D eigenvalue weighted by molar-refractivity contribution is 7.99. The summed E-state index contributed by atoms with van der Waals surface area (Å²) in [6.45, 7) is 5.67. The van der Waals surface area contributed by atoms with Crippen LogP contribution >= 0.6 is 11.8 Å². The van der Waals surface area contributed by atoms with Gasteiger partial charge in [-0.1, -0.05) is 0 Å². The summed E-state index contributed by atoms with van der Waals surface area (Å²) in [5, 5.41) is 10.9. The van der Waals surface area contributed by atoms with Gasteiger partial charge in [0.2, 0.25) is 11.9 Å². The summed E-state index contributed by atoms with van der Waals surface area (Å²) < 4.78 is 0. The van der Waals surface area contributed by atoms with Crippen LogP contribution in [0.4, 0.5) is 23.4 Å². The van der Waals surface area contributed by atoms with Gasteiger partial charge < -0.3 is 20.9 Å². The number of nitrogen functional groups attached to an aromatic ring is 1. The van der Waals surface area contributed by atoms with E-state index >= 15 is 0 Å². The van der Waals surface area contributed by atoms with Crippen LogP contribution in [0, 0.1) is 6.92 Å². The van der Waals surface area contributed by atoms with Gasteiger partial charge in [0.1, 0.15) is 0 Å². The van der Waals surface area contributed by atoms with Crippen molar-refractivity contribution in [1.29, 1.82) is 0 Å². The van der Waals surface area contributed by atoms with Crippen molar-refractivity contribution in [3.63, 3.8) is 0 Å². The third kappa shape index (κ3) is 4.52. The molecule has 2 aromatic heterocycles. The van der Waals surface area contributed by atoms with E-state index < -0.39 is 0 Å². The van der Waals surface area contributed by atoms with Gasteiger partial charge in [-0.3, -0.25) is 5.10 Å². The van der Waals surface area contributed by atoms with Crippen molar-refractivity contribution in [2.75, 3.05) is 49.2 Å². The molecule has 3 heterocycles. The zero-order valence-electron chi connectivity index (χ0n) is 15.9. The summed E-state index contributed by atoms with van der Waals surface area (Å²) in [7, 11) is 2.13. The molecule has 4 rings (SSSR count). The molecule has 0 radical (unpaired) electrons. The van der Waals surface area contributed by atoms with Crippen LogP contribution < -0.4 is 16.0 Å². The van der Waals surface area contributed by atoms with Crippen molar-refractivity contribution >= 4 is 35.2 Å². The number of benzene rings is 1. The molecule has 4 N–H and O–H groups in total. The molecule has 28 heavy (non-hydrogen) atoms. The fraction of sp³-hybridized carbons (Fsp3) is 0.333. The Morgan fingerprint density at radius 3 is 2.50 bits per heavy atom. The molecule has 0 bridgehead atoms. The number of likely N-dealkylation sites (N-methyl/N-ethyl adjacent to an activating group) is 1. The number of H-pyrrole nitrogens is 1. The molecule has 1 saturated heterocycles. The minimum Gasteiger partial charge on any atom is -0.399 e. The van der Waals surface area contributed by atoms with E-state index in [0.717, 1.165) is 42.5 Å². The van der Waals surface area contributed by atoms with E-state index in [0.29, 0.717) is 22.9 Å². The van der Waals surface area contributed by atoms with Crippen molar-refractivity contribution in [3.8, 4) is 0 Å². The van der Waals surface area contributed by atoms with Crippen LogP contribution in [0.1, 0.15) is 5.69 Å². The van der Waals surface area contributed by atoms with E-state index in [-0.39, 0.29) is 0 Å². The monoisotopic (exact) mass is 397 g/mol. The number of anilines is 4. The van der Waals surface area contributed by atoms with Crippen molar-refractivity contribution in [1.82, 2.24) is 30.0 Å². The van der Waals surface area contributed by atoms with Crippen LogP contribution in [0.3, 0.4) is 0 Å². The standard InChI is InChI=1S/C18H23N9S/c1-12-11-15(25-24-12)20-16-21-17(27-9-7-26(2)8-10-27)23-18(22-16)28-14-5-3-13(19)4-6-14/h3-6,11H,7-10,19H2,1-2H3,(H2,20,21,22,23,24,25). The summed E-state index contributed by atoms with van der Waals surface area (Å²) in [5.41, 5.74) is 7.48. The van der Waals surface area contributed by atoms with Gasteiger partial charge in [0, 0.05) is 48.5 Å². The quantitative estimate of drug-likeness (QED) is 0.557. The molecule has 0 atom stereocenters. The molecule has 0 aliphatic carbocycles. The Morgan fingerprint density at radius 1 is 1.07 bits per heavy atom. The molecule has 146 valence electrons. The van der Waals surface area contributed by atoms with E-state index in [1.165, 1.54) is 11.8 Å². The first kappa shape index (κ1) is 18.5. The van der Waals surface area contributed by atoms with Crippen molar-refractivity contribution in [2.24, 2.45) is 0 Å². The average Bonchev–Trinajstić information content (AvgIpc) is 3.09. The number of aryl methyl sites for hydroxylation is 1. The zero-order chi connectivity index (χ0) is 19.5. The molecule has 10 heteroatoms. The Balaban J connectivity index is 1.62. The number of aromatic amines is 1. The molecule has 1 aliphatic heterocycles. The maximum atomic E-state index is 5.78. The van der Waals surface area contributed by atoms with Gasteiger partial charge in [-0.05, 0) is 50.0 Å². The van der Waals surface area contributed by atoms with Crippen LogP contribution in [0.25, 0.3) is 0 Å². The molecular formula is C18H23N9S. The lowest BCUT2D eigenvalue weighted by molar-refractivity contribution is 0.311. The number of rotatable bonds is 5. The Hall–Kier alpha value is -2.85. The zero-order valence-corrected chi connectivity index (χ0v) is 16.7. The smallest absolute Gasteiger partial charge is 0.234 e. The fourth-order valence-electron chi connectivity index (χ4n) is 2.83. The van der Waals surface area contributed by atoms with E-state index in [4.69, 9.17) is 10.7 Å². The van der Waals surface area contributed by atoms with Crippen molar-refractivity contribution in [2.45, 2.75) is 17.0 Å². The van der Waals surface area contributed by atoms with E-state index in [2.05, 4.69) is 42.3 Å². The average molecular weight is 398 g/mol. The summed E-state index contributed by atoms with van der Waals surface area (Å²) in [4.78, 5) is 19.4. The van der Waals surface area contributed by atoms with Crippen LogP contribution in [0.2, 0.25) is 0 Å². The second-order valence-corrected chi connectivity index (χ2v) is 7.80. The molecule has 0 amide bonds. The number of piperazine rings is 1. The molecule has 3 aromatic rings. The van der Waals surface area contributed by atoms with E-state index in [1.807, 2.05) is 37.3 Å². The number of hydrogen-bond acceptors (Lipinski definition) is 9. The highest BCUT2D eigenvalue weighted by Gasteiger charge is 2.19. The van der Waals surface area contributed by atoms with Gasteiger partial charge in [0.15, 0.2) is 11.0 Å². The first-order valence-corrected chi connectivity index (χ1v) is 9.89. The Labute approximate surface area is 167 Å². The number of nitrogens with zero attached hydrogens (tertiary/aromatic N) is 6. The Kier molecular flexibility index (Phi) is 5.31. The molecule has 9 nitrogen and oxygen atoms in total. The summed E-state index contributed by atoms with van der Waals surface area (Å²) in [5.74, 6) is 1.83. The number of nitrogens with two attached hydrogens (primary N) is 1. The largest absolute Gasteiger partial charge is 0.399 e. The molecule has 0 unspecified atom stereocenters. The SMILES string of the molecule is Cc1cc(Nc2nc(Sc3ccc(N)cc3)nc(N3CCN(C)CC3)n2)n[nH]1. The van der Waals surface area contributed by atoms with Gasteiger partial charge in [0.25, 0.3) is 0 Å². The van der Waals surface area contributed by atoms with Gasteiger partial charge >= 0.3 is 0 Å². The summed E-state index contributed by atoms with van der Waals surface area (Å²) in [6.07, 6.45) is 0. The van der Waals surface area contributed by atoms with Crippen molar-refractivity contribution < 1.29 is 0 Å². The highest BCUT2D eigenvalue weighted by atomic mass is 32.2. The fourth-order valence-corrected chi connectivity index (χ4v) is 3.58. The lowest BCUT2D eigenvalue weighted by atomic mass is 10.3. The third-order valence-electron chi connectivity index (χ3n) is 4.42. The maximum Gasteiger partial charge on any atom is 0.234 e. The lowest BCUT2D eigenvalue weighted by Gasteiger charge is -2.32. The van der Waals surface area contributed by atoms with Gasteiger partial charge in [-0.15, -0.1) is 0 Å². The predicted molar refractivity (Wildman–Crippen MR) is 111 cm³/mol. The van der Waals surface area contributed by atoms with Gasteiger partial charge in [0.05, 0.1) is 0 Å². The Morgan fingerprint density at radius 2 is 1.82 bits per heavy atom. The summed E-state index contributed by atoms with van der Waals surface area (Å²) >= 11 is 1.48. The molecule has 0 spiro atoms. The molecule has 1 aliphatic rings. The first-order chi connectivity index (χ1) is 13.5. The molecule has 0 saturated carbocycles. The minimum atomic E-state index is 0.480. The number of aromatic nitrogens is 5. The number of hydrogen-bond donors (Lipinski definition) is 3. The first-order valence-electron chi connectivity index (χ1n) is 9.07. The lowest BCUT2D eigenvalue weighted by Crippen LogP contribution is -2.45. The molecule has 1 fully saturated rings. The predicted octanol–water partition coefficient (Wildman–Crippen LogP) is 2.13. The van der Waals surface area contributed by atoms with Crippen LogP contribution in [-0.4, -0.2) is 63.3 Å². The molecular weight excluding hydrogens is 374 g/mol. The Bertz CT molecular complexity index is 932. The maximum absolute atomic E-state index is 5.78. The number of nitrogens with one attached hydrogen (secondary N) is 2. The van der Waals surface area contributed by atoms with Gasteiger partial charge in [-0.25, -0.2) is 0 Å². The van der Waals surface area contributed by atoms with Crippen LogP contribution in [0.5, 0.6) is 0 Å². The van der Waals surface area contributed by atoms with Crippen LogP contribution in [-0.2, 0) is 0 Å². The third-order valence-corrected chi connectivity index (χ3v) is 5.30. The normalized spacial score (nSPS) is 15.0.